The molecule has 0 aromatic heterocycles. The van der Waals surface area contributed by atoms with Gasteiger partial charge in [-0.1, -0.05) is 12.1 Å². The van der Waals surface area contributed by atoms with Crippen LogP contribution in [0, 0.1) is 10.1 Å². The first-order valence-electron chi connectivity index (χ1n) is 7.84. The van der Waals surface area contributed by atoms with Crippen molar-refractivity contribution in [1.82, 2.24) is 0 Å². The molecule has 0 unspecified atom stereocenters. The topological polar surface area (TPSA) is 103 Å². The lowest BCUT2D eigenvalue weighted by Gasteiger charge is -2.14. The molecule has 0 radical (unpaired) electrons. The van der Waals surface area contributed by atoms with Crippen molar-refractivity contribution in [2.75, 3.05) is 30.9 Å². The van der Waals surface area contributed by atoms with Gasteiger partial charge < -0.3 is 20.1 Å². The van der Waals surface area contributed by atoms with Gasteiger partial charge in [-0.15, -0.1) is 0 Å². The summed E-state index contributed by atoms with van der Waals surface area (Å²) in [6.45, 7) is -1.83. The first-order chi connectivity index (χ1) is 13.2. The SMILES string of the molecule is COc1ccc(NC(=O)CNc2ccccc2OCC(F)(F)F)c([N+](=O)[O-])c1. The number of hydrogen-bond donors (Lipinski definition) is 2. The van der Waals surface area contributed by atoms with Crippen molar-refractivity contribution in [2.24, 2.45) is 0 Å². The van der Waals surface area contributed by atoms with E-state index < -0.39 is 23.6 Å². The molecule has 150 valence electrons. The maximum atomic E-state index is 12.3. The highest BCUT2D eigenvalue weighted by Gasteiger charge is 2.28. The molecule has 0 aliphatic carbocycles. The van der Waals surface area contributed by atoms with Crippen molar-refractivity contribution in [3.63, 3.8) is 0 Å². The minimum Gasteiger partial charge on any atom is -0.496 e. The number of nitro benzene ring substituents is 1. The van der Waals surface area contributed by atoms with Gasteiger partial charge in [0, 0.05) is 0 Å². The molecule has 8 nitrogen and oxygen atoms in total. The number of methoxy groups -OCH3 is 1. The minimum absolute atomic E-state index is 0.0424. The number of carbonyl (C=O) groups is 1. The standard InChI is InChI=1S/C17H16F3N3O5/c1-27-11-6-7-12(14(8-11)23(25)26)22-16(24)9-21-13-4-2-3-5-15(13)28-10-17(18,19)20/h2-8,21H,9-10H2,1H3,(H,22,24). The van der Waals surface area contributed by atoms with E-state index in [2.05, 4.69) is 10.6 Å². The molecule has 0 aliphatic heterocycles. The Hall–Kier alpha value is -3.50. The Morgan fingerprint density at radius 2 is 1.89 bits per heavy atom. The minimum atomic E-state index is -4.50. The van der Waals surface area contributed by atoms with Crippen molar-refractivity contribution < 1.29 is 32.4 Å². The zero-order chi connectivity index (χ0) is 20.7. The zero-order valence-electron chi connectivity index (χ0n) is 14.6. The van der Waals surface area contributed by atoms with Crippen LogP contribution < -0.4 is 20.1 Å². The molecule has 0 spiro atoms. The highest BCUT2D eigenvalue weighted by Crippen LogP contribution is 2.29. The van der Waals surface area contributed by atoms with Crippen LogP contribution in [0.2, 0.25) is 0 Å². The van der Waals surface area contributed by atoms with Gasteiger partial charge >= 0.3 is 6.18 Å². The van der Waals surface area contributed by atoms with Crippen LogP contribution in [0.1, 0.15) is 0 Å². The van der Waals surface area contributed by atoms with Crippen LogP contribution in [-0.4, -0.2) is 37.3 Å². The third kappa shape index (κ3) is 6.04. The molecule has 0 bridgehead atoms. The van der Waals surface area contributed by atoms with Crippen LogP contribution in [0.25, 0.3) is 0 Å². The van der Waals surface area contributed by atoms with E-state index in [1.165, 1.54) is 37.4 Å². The van der Waals surface area contributed by atoms with Gasteiger partial charge in [-0.25, -0.2) is 0 Å². The fourth-order valence-electron chi connectivity index (χ4n) is 2.16. The van der Waals surface area contributed by atoms with Gasteiger partial charge in [-0.05, 0) is 24.3 Å². The molecule has 1 amide bonds. The molecular weight excluding hydrogens is 383 g/mol. The number of nitrogens with zero attached hydrogens (tertiary/aromatic N) is 1. The molecular formula is C17H16F3N3O5. The second kappa shape index (κ2) is 8.93. The molecule has 0 saturated carbocycles. The molecule has 2 rings (SSSR count). The molecule has 0 saturated heterocycles. The van der Waals surface area contributed by atoms with Crippen molar-refractivity contribution in [2.45, 2.75) is 6.18 Å². The molecule has 0 aliphatic rings. The van der Waals surface area contributed by atoms with Gasteiger partial charge in [0.1, 0.15) is 17.2 Å². The van der Waals surface area contributed by atoms with Crippen LogP contribution in [0.5, 0.6) is 11.5 Å². The summed E-state index contributed by atoms with van der Waals surface area (Å²) >= 11 is 0. The van der Waals surface area contributed by atoms with E-state index in [4.69, 9.17) is 9.47 Å². The van der Waals surface area contributed by atoms with Crippen LogP contribution in [0.4, 0.5) is 30.2 Å². The molecule has 0 fully saturated rings. The maximum Gasteiger partial charge on any atom is 0.422 e. The number of amides is 1. The summed E-state index contributed by atoms with van der Waals surface area (Å²) in [4.78, 5) is 22.5. The summed E-state index contributed by atoms with van der Waals surface area (Å²) in [7, 11) is 1.35. The van der Waals surface area contributed by atoms with E-state index >= 15 is 0 Å². The largest absolute Gasteiger partial charge is 0.496 e. The number of anilines is 2. The highest BCUT2D eigenvalue weighted by atomic mass is 19.4. The molecule has 2 N–H and O–H groups in total. The summed E-state index contributed by atoms with van der Waals surface area (Å²) in [5, 5.41) is 16.1. The monoisotopic (exact) mass is 399 g/mol. The van der Waals surface area contributed by atoms with E-state index in [9.17, 15) is 28.1 Å². The maximum absolute atomic E-state index is 12.3. The number of nitrogens with one attached hydrogen (secondary N) is 2. The van der Waals surface area contributed by atoms with E-state index in [0.717, 1.165) is 6.07 Å². The van der Waals surface area contributed by atoms with Crippen LogP contribution in [0.15, 0.2) is 42.5 Å². The lowest BCUT2D eigenvalue weighted by molar-refractivity contribution is -0.384. The number of ether oxygens (including phenoxy) is 2. The molecule has 11 heteroatoms. The molecule has 0 atom stereocenters. The summed E-state index contributed by atoms with van der Waals surface area (Å²) in [5.74, 6) is -0.472. The number of rotatable bonds is 8. The van der Waals surface area contributed by atoms with Gasteiger partial charge in [0.15, 0.2) is 6.61 Å². The fourth-order valence-corrected chi connectivity index (χ4v) is 2.16. The number of halogens is 3. The molecule has 2 aromatic carbocycles. The third-order valence-electron chi connectivity index (χ3n) is 3.39. The Morgan fingerprint density at radius 3 is 2.54 bits per heavy atom. The molecule has 0 heterocycles. The average molecular weight is 399 g/mol. The van der Waals surface area contributed by atoms with Gasteiger partial charge in [0.25, 0.3) is 5.69 Å². The van der Waals surface area contributed by atoms with Gasteiger partial charge in [-0.3, -0.25) is 14.9 Å². The number of alkyl halides is 3. The summed E-state index contributed by atoms with van der Waals surface area (Å²) in [5.41, 5.74) is -0.230. The Bertz CT molecular complexity index is 858. The van der Waals surface area contributed by atoms with Crippen LogP contribution in [-0.2, 0) is 4.79 Å². The predicted octanol–water partition coefficient (Wildman–Crippen LogP) is 3.60. The van der Waals surface area contributed by atoms with Crippen LogP contribution in [0.3, 0.4) is 0 Å². The Morgan fingerprint density at radius 1 is 1.18 bits per heavy atom. The van der Waals surface area contributed by atoms with Gasteiger partial charge in [0.05, 0.1) is 30.3 Å². The Balaban J connectivity index is 2.03. The summed E-state index contributed by atoms with van der Waals surface area (Å²) < 4.78 is 46.6. The Labute approximate surface area is 157 Å². The highest BCUT2D eigenvalue weighted by molar-refractivity contribution is 5.96. The smallest absolute Gasteiger partial charge is 0.422 e. The molecule has 2 aromatic rings. The van der Waals surface area contributed by atoms with E-state index in [-0.39, 0.29) is 35.1 Å². The first-order valence-corrected chi connectivity index (χ1v) is 7.84. The summed E-state index contributed by atoms with van der Waals surface area (Å²) in [6, 6.07) is 9.71. The van der Waals surface area contributed by atoms with Crippen molar-refractivity contribution in [3.8, 4) is 11.5 Å². The lowest BCUT2D eigenvalue weighted by atomic mass is 10.2. The number of para-hydroxylation sites is 2. The second-order valence-electron chi connectivity index (χ2n) is 5.44. The average Bonchev–Trinajstić information content (AvgIpc) is 2.64. The van der Waals surface area contributed by atoms with Crippen molar-refractivity contribution in [3.05, 3.63) is 52.6 Å². The van der Waals surface area contributed by atoms with E-state index in [1.807, 2.05) is 0 Å². The summed E-state index contributed by atoms with van der Waals surface area (Å²) in [6.07, 6.45) is -4.50. The number of hydrogen-bond acceptors (Lipinski definition) is 6. The van der Waals surface area contributed by atoms with Crippen molar-refractivity contribution in [1.29, 1.82) is 0 Å². The van der Waals surface area contributed by atoms with E-state index in [0.29, 0.717) is 0 Å². The predicted molar refractivity (Wildman–Crippen MR) is 94.8 cm³/mol. The quantitative estimate of drug-likeness (QED) is 0.519. The molecule has 28 heavy (non-hydrogen) atoms. The van der Waals surface area contributed by atoms with Crippen molar-refractivity contribution >= 4 is 23.0 Å². The number of benzene rings is 2. The lowest BCUT2D eigenvalue weighted by Crippen LogP contribution is -2.23. The second-order valence-corrected chi connectivity index (χ2v) is 5.44. The zero-order valence-corrected chi connectivity index (χ0v) is 14.6. The number of carbonyl (C=O) groups excluding carboxylic acids is 1. The normalized spacial score (nSPS) is 10.9. The van der Waals surface area contributed by atoms with Crippen LogP contribution >= 0.6 is 0 Å². The third-order valence-corrected chi connectivity index (χ3v) is 3.39. The van der Waals surface area contributed by atoms with E-state index in [1.54, 1.807) is 6.07 Å². The van der Waals surface area contributed by atoms with Gasteiger partial charge in [-0.2, -0.15) is 13.2 Å². The first kappa shape index (κ1) is 20.8. The number of nitro groups is 1. The van der Waals surface area contributed by atoms with Gasteiger partial charge in [0.2, 0.25) is 5.91 Å². The Kier molecular flexibility index (Phi) is 6.64. The fraction of sp³-hybridized carbons (Fsp3) is 0.235.